The van der Waals surface area contributed by atoms with E-state index in [1.54, 1.807) is 10.9 Å². The number of ketones is 1. The average molecular weight is 396 g/mol. The van der Waals surface area contributed by atoms with Gasteiger partial charge in [-0.05, 0) is 29.0 Å². The zero-order valence-corrected chi connectivity index (χ0v) is 16.2. The van der Waals surface area contributed by atoms with Crippen LogP contribution < -0.4 is 0 Å². The molecule has 0 saturated heterocycles. The van der Waals surface area contributed by atoms with Crippen molar-refractivity contribution in [3.05, 3.63) is 90.9 Å². The third-order valence-corrected chi connectivity index (χ3v) is 5.75. The molecule has 29 heavy (non-hydrogen) atoms. The van der Waals surface area contributed by atoms with E-state index in [4.69, 9.17) is 0 Å². The number of thioether (sulfide) groups is 1. The standard InChI is InChI=1S/C23H16N4OS/c28-21(18-11-10-16-6-4-5-7-17(16)12-18)14-29-23-20-13-26-27(22(20)24-15-25-23)19-8-2-1-3-9-19/h1-13,15H,14H2. The number of rotatable bonds is 5. The van der Waals surface area contributed by atoms with Crippen molar-refractivity contribution in [2.45, 2.75) is 5.03 Å². The first-order valence-corrected chi connectivity index (χ1v) is 10.2. The van der Waals surface area contributed by atoms with Crippen molar-refractivity contribution in [1.29, 1.82) is 0 Å². The molecule has 0 unspecified atom stereocenters. The van der Waals surface area contributed by atoms with Crippen LogP contribution in [0.5, 0.6) is 0 Å². The fourth-order valence-corrected chi connectivity index (χ4v) is 4.13. The van der Waals surface area contributed by atoms with E-state index in [-0.39, 0.29) is 5.78 Å². The maximum absolute atomic E-state index is 12.7. The number of fused-ring (bicyclic) bond motifs is 2. The second-order valence-corrected chi connectivity index (χ2v) is 7.55. The summed E-state index contributed by atoms with van der Waals surface area (Å²) in [5.41, 5.74) is 2.37. The SMILES string of the molecule is O=C(CSc1ncnc2c1cnn2-c1ccccc1)c1ccc2ccccc2c1. The molecular formula is C23H16N4OS. The molecule has 0 fully saturated rings. The number of hydrogen-bond acceptors (Lipinski definition) is 5. The molecule has 3 aromatic carbocycles. The number of nitrogens with zero attached hydrogens (tertiary/aromatic N) is 4. The van der Waals surface area contributed by atoms with Gasteiger partial charge in [0.25, 0.3) is 0 Å². The number of hydrogen-bond donors (Lipinski definition) is 0. The fraction of sp³-hybridized carbons (Fsp3) is 0.0435. The Morgan fingerprint density at radius 2 is 1.69 bits per heavy atom. The van der Waals surface area contributed by atoms with Crippen LogP contribution in [0.15, 0.2) is 90.3 Å². The molecule has 0 aliphatic carbocycles. The zero-order valence-electron chi connectivity index (χ0n) is 15.4. The van der Waals surface area contributed by atoms with E-state index in [1.807, 2.05) is 72.8 Å². The molecule has 2 aromatic heterocycles. The monoisotopic (exact) mass is 396 g/mol. The Balaban J connectivity index is 1.40. The van der Waals surface area contributed by atoms with E-state index in [9.17, 15) is 4.79 Å². The third kappa shape index (κ3) is 3.39. The van der Waals surface area contributed by atoms with Crippen LogP contribution in [0.3, 0.4) is 0 Å². The van der Waals surface area contributed by atoms with E-state index in [1.165, 1.54) is 18.1 Å². The minimum atomic E-state index is 0.0722. The van der Waals surface area contributed by atoms with Crippen molar-refractivity contribution in [1.82, 2.24) is 19.7 Å². The van der Waals surface area contributed by atoms with E-state index >= 15 is 0 Å². The number of aromatic nitrogens is 4. The highest BCUT2D eigenvalue weighted by Gasteiger charge is 2.14. The Hall–Kier alpha value is -3.51. The van der Waals surface area contributed by atoms with Gasteiger partial charge in [-0.15, -0.1) is 0 Å². The van der Waals surface area contributed by atoms with Gasteiger partial charge in [0.1, 0.15) is 11.4 Å². The minimum absolute atomic E-state index is 0.0722. The highest BCUT2D eigenvalue weighted by Crippen LogP contribution is 2.27. The van der Waals surface area contributed by atoms with Gasteiger partial charge in [-0.1, -0.05) is 66.4 Å². The molecule has 5 rings (SSSR count). The lowest BCUT2D eigenvalue weighted by Crippen LogP contribution is -2.03. The van der Waals surface area contributed by atoms with Crippen molar-refractivity contribution in [2.24, 2.45) is 0 Å². The first-order valence-electron chi connectivity index (χ1n) is 9.18. The maximum Gasteiger partial charge on any atom is 0.173 e. The normalized spacial score (nSPS) is 11.2. The van der Waals surface area contributed by atoms with Crippen LogP contribution in [0.1, 0.15) is 10.4 Å². The Kier molecular flexibility index (Phi) is 4.54. The van der Waals surface area contributed by atoms with Gasteiger partial charge in [0, 0.05) is 5.56 Å². The van der Waals surface area contributed by atoms with Crippen molar-refractivity contribution in [2.75, 3.05) is 5.75 Å². The minimum Gasteiger partial charge on any atom is -0.293 e. The summed E-state index contributed by atoms with van der Waals surface area (Å²) < 4.78 is 1.78. The molecule has 0 spiro atoms. The first kappa shape index (κ1) is 17.6. The topological polar surface area (TPSA) is 60.7 Å². The summed E-state index contributed by atoms with van der Waals surface area (Å²) in [7, 11) is 0. The van der Waals surface area contributed by atoms with Crippen LogP contribution in [0.25, 0.3) is 27.5 Å². The summed E-state index contributed by atoms with van der Waals surface area (Å²) in [6, 6.07) is 23.7. The zero-order chi connectivity index (χ0) is 19.6. The van der Waals surface area contributed by atoms with Crippen molar-refractivity contribution < 1.29 is 4.79 Å². The molecule has 0 aliphatic rings. The highest BCUT2D eigenvalue weighted by molar-refractivity contribution is 8.00. The van der Waals surface area contributed by atoms with E-state index in [2.05, 4.69) is 15.1 Å². The maximum atomic E-state index is 12.7. The van der Waals surface area contributed by atoms with Gasteiger partial charge in [-0.25, -0.2) is 14.6 Å². The molecule has 140 valence electrons. The molecule has 0 atom stereocenters. The van der Waals surface area contributed by atoms with Gasteiger partial charge in [0.05, 0.1) is 23.0 Å². The molecule has 5 nitrogen and oxygen atoms in total. The van der Waals surface area contributed by atoms with Crippen molar-refractivity contribution in [3.8, 4) is 5.69 Å². The van der Waals surface area contributed by atoms with Crippen molar-refractivity contribution >= 4 is 39.4 Å². The number of carbonyl (C=O) groups excluding carboxylic acids is 1. The van der Waals surface area contributed by atoms with E-state index in [0.717, 1.165) is 32.5 Å². The van der Waals surface area contributed by atoms with E-state index in [0.29, 0.717) is 11.3 Å². The molecule has 0 N–H and O–H groups in total. The Labute approximate surface area is 171 Å². The van der Waals surface area contributed by atoms with Gasteiger partial charge < -0.3 is 0 Å². The summed E-state index contributed by atoms with van der Waals surface area (Å²) >= 11 is 1.41. The molecule has 5 aromatic rings. The third-order valence-electron chi connectivity index (χ3n) is 4.74. The Morgan fingerprint density at radius 1 is 0.897 bits per heavy atom. The molecule has 0 saturated carbocycles. The number of para-hydroxylation sites is 1. The fourth-order valence-electron chi connectivity index (χ4n) is 3.28. The van der Waals surface area contributed by atoms with E-state index < -0.39 is 0 Å². The average Bonchev–Trinajstić information content (AvgIpc) is 3.22. The second kappa shape index (κ2) is 7.48. The Bertz CT molecular complexity index is 1330. The van der Waals surface area contributed by atoms with Crippen LogP contribution in [-0.4, -0.2) is 31.3 Å². The lowest BCUT2D eigenvalue weighted by atomic mass is 10.1. The summed E-state index contributed by atoms with van der Waals surface area (Å²) in [5, 5.41) is 8.25. The Morgan fingerprint density at radius 3 is 2.55 bits per heavy atom. The lowest BCUT2D eigenvalue weighted by molar-refractivity contribution is 0.102. The van der Waals surface area contributed by atoms with Gasteiger partial charge in [-0.3, -0.25) is 4.79 Å². The molecule has 0 radical (unpaired) electrons. The highest BCUT2D eigenvalue weighted by atomic mass is 32.2. The predicted molar refractivity (Wildman–Crippen MR) is 116 cm³/mol. The van der Waals surface area contributed by atoms with Gasteiger partial charge in [-0.2, -0.15) is 5.10 Å². The molecular weight excluding hydrogens is 380 g/mol. The molecule has 0 aliphatic heterocycles. The van der Waals surface area contributed by atoms with Crippen LogP contribution in [0.2, 0.25) is 0 Å². The largest absolute Gasteiger partial charge is 0.293 e. The molecule has 0 bridgehead atoms. The van der Waals surface area contributed by atoms with Crippen LogP contribution in [-0.2, 0) is 0 Å². The second-order valence-electron chi connectivity index (χ2n) is 6.58. The molecule has 0 amide bonds. The van der Waals surface area contributed by atoms with Crippen LogP contribution in [0, 0.1) is 0 Å². The first-order chi connectivity index (χ1) is 14.3. The lowest BCUT2D eigenvalue weighted by Gasteiger charge is -2.05. The summed E-state index contributed by atoms with van der Waals surface area (Å²) in [6.45, 7) is 0. The summed E-state index contributed by atoms with van der Waals surface area (Å²) in [4.78, 5) is 21.5. The van der Waals surface area contributed by atoms with Crippen LogP contribution in [0.4, 0.5) is 0 Å². The summed E-state index contributed by atoms with van der Waals surface area (Å²) in [5.74, 6) is 0.379. The predicted octanol–water partition coefficient (Wildman–Crippen LogP) is 4.94. The smallest absolute Gasteiger partial charge is 0.173 e. The van der Waals surface area contributed by atoms with Crippen LogP contribution >= 0.6 is 11.8 Å². The quantitative estimate of drug-likeness (QED) is 0.239. The van der Waals surface area contributed by atoms with Gasteiger partial charge in [0.2, 0.25) is 0 Å². The number of benzene rings is 3. The molecule has 2 heterocycles. The molecule has 6 heteroatoms. The number of carbonyl (C=O) groups is 1. The van der Waals surface area contributed by atoms with Gasteiger partial charge >= 0.3 is 0 Å². The van der Waals surface area contributed by atoms with Gasteiger partial charge in [0.15, 0.2) is 11.4 Å². The van der Waals surface area contributed by atoms with Crippen molar-refractivity contribution in [3.63, 3.8) is 0 Å². The summed E-state index contributed by atoms with van der Waals surface area (Å²) in [6.07, 6.45) is 3.28. The number of Topliss-reactive ketones (excluding diaryl/α,β-unsaturated/α-hetero) is 1.